The normalized spacial score (nSPS) is 10.9. The van der Waals surface area contributed by atoms with Crippen LogP contribution in [-0.4, -0.2) is 33.8 Å². The molecule has 0 saturated heterocycles. The van der Waals surface area contributed by atoms with Crippen molar-refractivity contribution in [3.63, 3.8) is 0 Å². The molecule has 0 aliphatic carbocycles. The van der Waals surface area contributed by atoms with Crippen molar-refractivity contribution < 1.29 is 14.3 Å². The van der Waals surface area contributed by atoms with Gasteiger partial charge < -0.3 is 10.1 Å². The number of aryl methyl sites for hydroxylation is 1. The highest BCUT2D eigenvalue weighted by Crippen LogP contribution is 2.29. The molecule has 0 radical (unpaired) electrons. The highest BCUT2D eigenvalue weighted by molar-refractivity contribution is 7.99. The number of benzene rings is 1. The van der Waals surface area contributed by atoms with Gasteiger partial charge in [0.05, 0.1) is 28.8 Å². The minimum Gasteiger partial charge on any atom is -0.462 e. The molecule has 9 heteroatoms. The predicted octanol–water partition coefficient (Wildman–Crippen LogP) is 3.46. The minimum absolute atomic E-state index is 0.0558. The van der Waals surface area contributed by atoms with Crippen molar-refractivity contribution in [1.82, 2.24) is 9.55 Å². The smallest absolute Gasteiger partial charge is 0.341 e. The number of hydrogen-bond donors (Lipinski definition) is 1. The van der Waals surface area contributed by atoms with E-state index in [1.54, 1.807) is 38.2 Å². The molecule has 152 valence electrons. The van der Waals surface area contributed by atoms with Crippen LogP contribution >= 0.6 is 23.1 Å². The Kier molecular flexibility index (Phi) is 6.71. The van der Waals surface area contributed by atoms with Crippen LogP contribution in [0.5, 0.6) is 0 Å². The van der Waals surface area contributed by atoms with Gasteiger partial charge in [-0.15, -0.1) is 11.3 Å². The van der Waals surface area contributed by atoms with E-state index >= 15 is 0 Å². The summed E-state index contributed by atoms with van der Waals surface area (Å²) in [6.45, 7) is 3.98. The van der Waals surface area contributed by atoms with Gasteiger partial charge in [-0.05, 0) is 31.5 Å². The third kappa shape index (κ3) is 4.68. The fourth-order valence-electron chi connectivity index (χ4n) is 2.69. The Morgan fingerprint density at radius 2 is 2.03 bits per heavy atom. The molecule has 1 N–H and O–H groups in total. The van der Waals surface area contributed by atoms with Crippen molar-refractivity contribution in [1.29, 1.82) is 0 Å². The molecule has 29 heavy (non-hydrogen) atoms. The molecule has 0 aliphatic rings. The summed E-state index contributed by atoms with van der Waals surface area (Å²) >= 11 is 2.53. The third-order valence-corrected chi connectivity index (χ3v) is 6.38. The van der Waals surface area contributed by atoms with E-state index in [-0.39, 0.29) is 23.8 Å². The van der Waals surface area contributed by atoms with E-state index < -0.39 is 5.97 Å². The Bertz CT molecular complexity index is 1120. The van der Waals surface area contributed by atoms with Crippen LogP contribution in [0.3, 0.4) is 0 Å². The first kappa shape index (κ1) is 21.1. The number of carbonyl (C=O) groups is 2. The lowest BCUT2D eigenvalue weighted by Gasteiger charge is -2.09. The third-order valence-electron chi connectivity index (χ3n) is 4.15. The molecule has 1 aromatic carbocycles. The fraction of sp³-hybridized carbons (Fsp3) is 0.300. The average molecular weight is 432 g/mol. The molecular weight excluding hydrogens is 410 g/mol. The first-order chi connectivity index (χ1) is 13.9. The van der Waals surface area contributed by atoms with Crippen molar-refractivity contribution in [3.05, 3.63) is 51.1 Å². The van der Waals surface area contributed by atoms with Crippen molar-refractivity contribution in [2.24, 2.45) is 7.05 Å². The van der Waals surface area contributed by atoms with Crippen LogP contribution < -0.4 is 10.9 Å². The summed E-state index contributed by atoms with van der Waals surface area (Å²) in [6, 6.07) is 8.85. The van der Waals surface area contributed by atoms with Crippen LogP contribution in [0, 0.1) is 0 Å². The number of nitrogens with zero attached hydrogens (tertiary/aromatic N) is 2. The highest BCUT2D eigenvalue weighted by atomic mass is 32.2. The van der Waals surface area contributed by atoms with Crippen LogP contribution in [-0.2, 0) is 23.0 Å². The summed E-state index contributed by atoms with van der Waals surface area (Å²) in [5, 5.41) is 4.26. The zero-order valence-electron chi connectivity index (χ0n) is 16.4. The van der Waals surface area contributed by atoms with Gasteiger partial charge in [-0.2, -0.15) is 0 Å². The topological polar surface area (TPSA) is 90.3 Å². The second kappa shape index (κ2) is 9.23. The molecule has 0 atom stereocenters. The van der Waals surface area contributed by atoms with Gasteiger partial charge in [0.25, 0.3) is 5.56 Å². The van der Waals surface area contributed by atoms with E-state index in [9.17, 15) is 14.4 Å². The molecule has 2 heterocycles. The number of anilines is 1. The van der Waals surface area contributed by atoms with E-state index in [1.807, 2.05) is 13.0 Å². The predicted molar refractivity (Wildman–Crippen MR) is 116 cm³/mol. The van der Waals surface area contributed by atoms with Gasteiger partial charge in [-0.3, -0.25) is 14.2 Å². The standard InChI is InChI=1S/C20H21N3O4S2/c1-4-12-10-14(19(26)27-5-2)17(29-12)22-16(24)11-28-20-21-15-9-7-6-8-13(15)18(25)23(20)3/h6-10H,4-5,11H2,1-3H3,(H,22,24). The monoisotopic (exact) mass is 431 g/mol. The lowest BCUT2D eigenvalue weighted by Crippen LogP contribution is -2.21. The zero-order valence-corrected chi connectivity index (χ0v) is 18.0. The number of thioether (sulfide) groups is 1. The van der Waals surface area contributed by atoms with Crippen LogP contribution in [0.4, 0.5) is 5.00 Å². The number of hydrogen-bond acceptors (Lipinski definition) is 7. The van der Waals surface area contributed by atoms with Crippen molar-refractivity contribution in [3.8, 4) is 0 Å². The Morgan fingerprint density at radius 3 is 2.76 bits per heavy atom. The maximum Gasteiger partial charge on any atom is 0.341 e. The second-order valence-electron chi connectivity index (χ2n) is 6.14. The van der Waals surface area contributed by atoms with Crippen LogP contribution in [0.25, 0.3) is 10.9 Å². The van der Waals surface area contributed by atoms with Crippen molar-refractivity contribution in [2.45, 2.75) is 25.4 Å². The summed E-state index contributed by atoms with van der Waals surface area (Å²) in [7, 11) is 1.63. The number of carbonyl (C=O) groups excluding carboxylic acids is 2. The lowest BCUT2D eigenvalue weighted by molar-refractivity contribution is -0.113. The van der Waals surface area contributed by atoms with Gasteiger partial charge >= 0.3 is 5.97 Å². The van der Waals surface area contributed by atoms with E-state index in [0.29, 0.717) is 26.6 Å². The van der Waals surface area contributed by atoms with Crippen LogP contribution in [0.1, 0.15) is 29.1 Å². The molecule has 0 aliphatic heterocycles. The number of aromatic nitrogens is 2. The number of ether oxygens (including phenoxy) is 1. The molecule has 3 rings (SSSR count). The van der Waals surface area contributed by atoms with E-state index in [2.05, 4.69) is 10.3 Å². The fourth-order valence-corrected chi connectivity index (χ4v) is 4.46. The van der Waals surface area contributed by atoms with Crippen molar-refractivity contribution >= 4 is 50.9 Å². The quantitative estimate of drug-likeness (QED) is 0.350. The molecule has 7 nitrogen and oxygen atoms in total. The van der Waals surface area contributed by atoms with E-state index in [1.165, 1.54) is 27.7 Å². The van der Waals surface area contributed by atoms with E-state index in [4.69, 9.17) is 4.74 Å². The summed E-state index contributed by atoms with van der Waals surface area (Å²) in [5.74, 6) is -0.683. The maximum absolute atomic E-state index is 12.5. The number of esters is 1. The Hall–Kier alpha value is -2.65. The van der Waals surface area contributed by atoms with Crippen LogP contribution in [0.15, 0.2) is 40.3 Å². The summed E-state index contributed by atoms with van der Waals surface area (Å²) in [6.07, 6.45) is 0.755. The molecule has 0 fully saturated rings. The van der Waals surface area contributed by atoms with Crippen molar-refractivity contribution in [2.75, 3.05) is 17.7 Å². The number of amides is 1. The molecule has 1 amide bonds. The summed E-state index contributed by atoms with van der Waals surface area (Å²) in [5.41, 5.74) is 0.797. The average Bonchev–Trinajstić information content (AvgIpc) is 3.13. The number of rotatable bonds is 7. The van der Waals surface area contributed by atoms with Gasteiger partial charge in [-0.1, -0.05) is 30.8 Å². The Morgan fingerprint density at radius 1 is 1.28 bits per heavy atom. The molecule has 0 spiro atoms. The lowest BCUT2D eigenvalue weighted by atomic mass is 10.2. The minimum atomic E-state index is -0.454. The molecule has 3 aromatic rings. The van der Waals surface area contributed by atoms with Gasteiger partial charge in [0.15, 0.2) is 5.16 Å². The number of nitrogens with one attached hydrogen (secondary N) is 1. The SMILES string of the molecule is CCOC(=O)c1cc(CC)sc1NC(=O)CSc1nc2ccccc2c(=O)n1C. The number of fused-ring (bicyclic) bond motifs is 1. The van der Waals surface area contributed by atoms with Gasteiger partial charge in [0.2, 0.25) is 5.91 Å². The maximum atomic E-state index is 12.5. The zero-order chi connectivity index (χ0) is 21.0. The molecule has 0 unspecified atom stereocenters. The first-order valence-corrected chi connectivity index (χ1v) is 10.9. The second-order valence-corrected chi connectivity index (χ2v) is 8.22. The summed E-state index contributed by atoms with van der Waals surface area (Å²) in [4.78, 5) is 42.5. The molecule has 0 bridgehead atoms. The van der Waals surface area contributed by atoms with E-state index in [0.717, 1.165) is 11.3 Å². The number of para-hydroxylation sites is 1. The Labute approximate surface area is 176 Å². The van der Waals surface area contributed by atoms with Gasteiger partial charge in [0.1, 0.15) is 5.00 Å². The van der Waals surface area contributed by atoms with Crippen LogP contribution in [0.2, 0.25) is 0 Å². The van der Waals surface area contributed by atoms with Gasteiger partial charge in [-0.25, -0.2) is 9.78 Å². The highest BCUT2D eigenvalue weighted by Gasteiger charge is 2.19. The number of thiophene rings is 1. The molecule has 0 saturated carbocycles. The first-order valence-electron chi connectivity index (χ1n) is 9.12. The molecular formula is C20H21N3O4S2. The van der Waals surface area contributed by atoms with Gasteiger partial charge in [0, 0.05) is 11.9 Å². The Balaban J connectivity index is 1.75. The summed E-state index contributed by atoms with van der Waals surface area (Å²) < 4.78 is 6.51. The molecule has 2 aromatic heterocycles. The largest absolute Gasteiger partial charge is 0.462 e.